The van der Waals surface area contributed by atoms with Crippen LogP contribution in [0.3, 0.4) is 0 Å². The van der Waals surface area contributed by atoms with Crippen LogP contribution in [0.15, 0.2) is 18.2 Å². The molecule has 1 aromatic carbocycles. The van der Waals surface area contributed by atoms with Crippen molar-refractivity contribution in [3.63, 3.8) is 0 Å². The van der Waals surface area contributed by atoms with Crippen molar-refractivity contribution in [1.29, 1.82) is 0 Å². The molecule has 0 spiro atoms. The van der Waals surface area contributed by atoms with E-state index in [0.29, 0.717) is 5.02 Å². The molecule has 102 valence electrons. The van der Waals surface area contributed by atoms with Gasteiger partial charge in [-0.15, -0.1) is 0 Å². The summed E-state index contributed by atoms with van der Waals surface area (Å²) in [5.74, 6) is 0.732. The molecule has 0 radical (unpaired) electrons. The molecule has 1 rings (SSSR count). The first-order valence-electron chi connectivity index (χ1n) is 6.18. The number of nitrogens with zero attached hydrogens (tertiary/aromatic N) is 2. The molecule has 0 heterocycles. The van der Waals surface area contributed by atoms with Crippen LogP contribution < -0.4 is 4.74 Å². The maximum atomic E-state index is 6.11. The quantitative estimate of drug-likeness (QED) is 0.758. The number of methoxy groups -OCH3 is 1. The van der Waals surface area contributed by atoms with Crippen LogP contribution in [0.4, 0.5) is 0 Å². The van der Waals surface area contributed by atoms with Gasteiger partial charge in [-0.25, -0.2) is 0 Å². The average Bonchev–Trinajstić information content (AvgIpc) is 2.28. The Hall–Kier alpha value is -0.770. The molecule has 0 atom stereocenters. The Balaban J connectivity index is 2.44. The molecule has 3 nitrogen and oxygen atoms in total. The van der Waals surface area contributed by atoms with Crippen molar-refractivity contribution in [2.45, 2.75) is 13.0 Å². The smallest absolute Gasteiger partial charge is 0.137 e. The monoisotopic (exact) mass is 270 g/mol. The van der Waals surface area contributed by atoms with Gasteiger partial charge in [-0.05, 0) is 58.3 Å². The second kappa shape index (κ2) is 7.62. The third-order valence-corrected chi connectivity index (χ3v) is 3.11. The van der Waals surface area contributed by atoms with Crippen LogP contribution in [0.1, 0.15) is 12.0 Å². The maximum Gasteiger partial charge on any atom is 0.137 e. The predicted molar refractivity (Wildman–Crippen MR) is 77.5 cm³/mol. The lowest BCUT2D eigenvalue weighted by atomic mass is 10.2. The van der Waals surface area contributed by atoms with Gasteiger partial charge >= 0.3 is 0 Å². The highest BCUT2D eigenvalue weighted by atomic mass is 35.5. The topological polar surface area (TPSA) is 15.7 Å². The molecule has 0 saturated heterocycles. The highest BCUT2D eigenvalue weighted by molar-refractivity contribution is 6.32. The summed E-state index contributed by atoms with van der Waals surface area (Å²) in [7, 11) is 7.97. The zero-order valence-corrected chi connectivity index (χ0v) is 12.5. The number of halogens is 1. The van der Waals surface area contributed by atoms with E-state index >= 15 is 0 Å². The fourth-order valence-corrected chi connectivity index (χ4v) is 2.14. The molecule has 0 aromatic heterocycles. The minimum atomic E-state index is 0.677. The molecule has 0 N–H and O–H groups in total. The van der Waals surface area contributed by atoms with Crippen molar-refractivity contribution < 1.29 is 4.74 Å². The first-order valence-corrected chi connectivity index (χ1v) is 6.56. The SMILES string of the molecule is COc1ccc(CN(C)CCCN(C)C)cc1Cl. The summed E-state index contributed by atoms with van der Waals surface area (Å²) in [6, 6.07) is 5.96. The summed E-state index contributed by atoms with van der Waals surface area (Å²) < 4.78 is 5.15. The molecular weight excluding hydrogens is 248 g/mol. The van der Waals surface area contributed by atoms with Gasteiger partial charge in [-0.1, -0.05) is 17.7 Å². The molecule has 18 heavy (non-hydrogen) atoms. The van der Waals surface area contributed by atoms with Gasteiger partial charge in [0, 0.05) is 6.54 Å². The predicted octanol–water partition coefficient (Wildman–Crippen LogP) is 2.73. The van der Waals surface area contributed by atoms with Crippen molar-refractivity contribution in [3.05, 3.63) is 28.8 Å². The van der Waals surface area contributed by atoms with Crippen molar-refractivity contribution in [3.8, 4) is 5.75 Å². The van der Waals surface area contributed by atoms with Gasteiger partial charge in [0.05, 0.1) is 12.1 Å². The van der Waals surface area contributed by atoms with Gasteiger partial charge in [0.1, 0.15) is 5.75 Å². The normalized spacial score (nSPS) is 11.3. The molecular formula is C14H23ClN2O. The fraction of sp³-hybridized carbons (Fsp3) is 0.571. The lowest BCUT2D eigenvalue weighted by molar-refractivity contribution is 0.294. The van der Waals surface area contributed by atoms with E-state index in [2.05, 4.69) is 37.0 Å². The molecule has 0 amide bonds. The van der Waals surface area contributed by atoms with Crippen molar-refractivity contribution >= 4 is 11.6 Å². The van der Waals surface area contributed by atoms with Crippen LogP contribution in [0.5, 0.6) is 5.75 Å². The molecule has 0 aliphatic carbocycles. The van der Waals surface area contributed by atoms with E-state index in [1.54, 1.807) is 7.11 Å². The van der Waals surface area contributed by atoms with Gasteiger partial charge in [0.2, 0.25) is 0 Å². The van der Waals surface area contributed by atoms with Gasteiger partial charge < -0.3 is 14.5 Å². The number of ether oxygens (including phenoxy) is 1. The fourth-order valence-electron chi connectivity index (χ4n) is 1.86. The Morgan fingerprint density at radius 3 is 2.44 bits per heavy atom. The lowest BCUT2D eigenvalue weighted by Crippen LogP contribution is -2.23. The number of rotatable bonds is 7. The highest BCUT2D eigenvalue weighted by Crippen LogP contribution is 2.25. The second-order valence-corrected chi connectivity index (χ2v) is 5.27. The molecule has 0 fully saturated rings. The molecule has 4 heteroatoms. The van der Waals surface area contributed by atoms with E-state index < -0.39 is 0 Å². The van der Waals surface area contributed by atoms with E-state index in [4.69, 9.17) is 16.3 Å². The summed E-state index contributed by atoms with van der Waals surface area (Å²) in [4.78, 5) is 4.51. The van der Waals surface area contributed by atoms with E-state index in [1.807, 2.05) is 12.1 Å². The van der Waals surface area contributed by atoms with Crippen molar-refractivity contribution in [1.82, 2.24) is 9.80 Å². The largest absolute Gasteiger partial charge is 0.495 e. The number of hydrogen-bond donors (Lipinski definition) is 0. The molecule has 0 unspecified atom stereocenters. The molecule has 0 aliphatic heterocycles. The van der Waals surface area contributed by atoms with Gasteiger partial charge in [-0.3, -0.25) is 0 Å². The summed E-state index contributed by atoms with van der Waals surface area (Å²) in [5, 5.41) is 0.677. The van der Waals surface area contributed by atoms with E-state index in [-0.39, 0.29) is 0 Å². The minimum Gasteiger partial charge on any atom is -0.495 e. The first-order chi connectivity index (χ1) is 8.52. The van der Waals surface area contributed by atoms with Crippen LogP contribution >= 0.6 is 11.6 Å². The van der Waals surface area contributed by atoms with Gasteiger partial charge in [-0.2, -0.15) is 0 Å². The Bertz CT molecular complexity index is 369. The lowest BCUT2D eigenvalue weighted by Gasteiger charge is -2.18. The van der Waals surface area contributed by atoms with Crippen LogP contribution in [-0.2, 0) is 6.54 Å². The zero-order valence-electron chi connectivity index (χ0n) is 11.7. The zero-order chi connectivity index (χ0) is 13.5. The molecule has 0 bridgehead atoms. The Morgan fingerprint density at radius 1 is 1.17 bits per heavy atom. The third kappa shape index (κ3) is 5.25. The second-order valence-electron chi connectivity index (χ2n) is 4.86. The number of benzene rings is 1. The van der Waals surface area contributed by atoms with E-state index in [0.717, 1.165) is 25.4 Å². The Morgan fingerprint density at radius 2 is 1.89 bits per heavy atom. The number of hydrogen-bond acceptors (Lipinski definition) is 3. The van der Waals surface area contributed by atoms with E-state index in [9.17, 15) is 0 Å². The Labute approximate surface area is 115 Å². The highest BCUT2D eigenvalue weighted by Gasteiger charge is 2.04. The summed E-state index contributed by atoms with van der Waals surface area (Å²) in [5.41, 5.74) is 1.22. The van der Waals surface area contributed by atoms with Crippen LogP contribution in [0, 0.1) is 0 Å². The van der Waals surface area contributed by atoms with Crippen LogP contribution in [0.2, 0.25) is 5.02 Å². The Kier molecular flexibility index (Phi) is 6.47. The molecule has 0 aliphatic rings. The summed E-state index contributed by atoms with van der Waals surface area (Å²) in [6.07, 6.45) is 1.17. The van der Waals surface area contributed by atoms with Gasteiger partial charge in [0.15, 0.2) is 0 Å². The summed E-state index contributed by atoms with van der Waals surface area (Å²) in [6.45, 7) is 3.12. The third-order valence-electron chi connectivity index (χ3n) is 2.81. The molecule has 1 aromatic rings. The van der Waals surface area contributed by atoms with Crippen molar-refractivity contribution in [2.24, 2.45) is 0 Å². The average molecular weight is 271 g/mol. The van der Waals surface area contributed by atoms with Crippen LogP contribution in [-0.4, -0.2) is 51.1 Å². The van der Waals surface area contributed by atoms with Crippen molar-refractivity contribution in [2.75, 3.05) is 41.3 Å². The first kappa shape index (κ1) is 15.3. The van der Waals surface area contributed by atoms with Crippen LogP contribution in [0.25, 0.3) is 0 Å². The standard InChI is InChI=1S/C14H23ClN2O/c1-16(2)8-5-9-17(3)11-12-6-7-14(18-4)13(15)10-12/h6-7,10H,5,8-9,11H2,1-4H3. The van der Waals surface area contributed by atoms with E-state index in [1.165, 1.54) is 12.0 Å². The summed E-state index contributed by atoms with van der Waals surface area (Å²) >= 11 is 6.11. The molecule has 0 saturated carbocycles. The minimum absolute atomic E-state index is 0.677. The maximum absolute atomic E-state index is 6.11. The van der Waals surface area contributed by atoms with Gasteiger partial charge in [0.25, 0.3) is 0 Å².